The van der Waals surface area contributed by atoms with Crippen molar-refractivity contribution in [1.82, 2.24) is 20.0 Å². The molecule has 0 aliphatic heterocycles. The Bertz CT molecular complexity index is 422. The normalized spacial score (nSPS) is 12.7. The van der Waals surface area contributed by atoms with Crippen molar-refractivity contribution in [3.8, 4) is 0 Å². The van der Waals surface area contributed by atoms with Gasteiger partial charge in [0, 0.05) is 31.8 Å². The summed E-state index contributed by atoms with van der Waals surface area (Å²) in [7, 11) is 1.94. The van der Waals surface area contributed by atoms with Gasteiger partial charge in [-0.05, 0) is 17.7 Å². The Labute approximate surface area is 87.9 Å². The highest BCUT2D eigenvalue weighted by molar-refractivity contribution is 5.22. The van der Waals surface area contributed by atoms with E-state index in [1.165, 1.54) is 0 Å². The SMILES string of the molecule is Cn1ccnc1C(NN)c1ccncc1. The van der Waals surface area contributed by atoms with Crippen LogP contribution in [0.15, 0.2) is 36.9 Å². The Hall–Kier alpha value is -1.72. The van der Waals surface area contributed by atoms with E-state index in [9.17, 15) is 0 Å². The average molecular weight is 203 g/mol. The smallest absolute Gasteiger partial charge is 0.131 e. The van der Waals surface area contributed by atoms with Crippen molar-refractivity contribution >= 4 is 0 Å². The van der Waals surface area contributed by atoms with Gasteiger partial charge < -0.3 is 4.57 Å². The van der Waals surface area contributed by atoms with E-state index in [1.807, 2.05) is 29.9 Å². The first-order valence-corrected chi connectivity index (χ1v) is 4.66. The third-order valence-corrected chi connectivity index (χ3v) is 2.32. The molecule has 0 saturated carbocycles. The maximum Gasteiger partial charge on any atom is 0.131 e. The minimum Gasteiger partial charge on any atom is -0.336 e. The molecule has 0 fully saturated rings. The molecule has 0 aromatic carbocycles. The highest BCUT2D eigenvalue weighted by Crippen LogP contribution is 2.17. The van der Waals surface area contributed by atoms with Crippen molar-refractivity contribution in [1.29, 1.82) is 0 Å². The largest absolute Gasteiger partial charge is 0.336 e. The van der Waals surface area contributed by atoms with E-state index in [2.05, 4.69) is 15.4 Å². The summed E-state index contributed by atoms with van der Waals surface area (Å²) in [4.78, 5) is 8.23. The second-order valence-corrected chi connectivity index (χ2v) is 3.28. The summed E-state index contributed by atoms with van der Waals surface area (Å²) in [5.74, 6) is 6.42. The molecule has 15 heavy (non-hydrogen) atoms. The summed E-state index contributed by atoms with van der Waals surface area (Å²) in [6.07, 6.45) is 7.12. The second kappa shape index (κ2) is 4.20. The van der Waals surface area contributed by atoms with Gasteiger partial charge in [-0.25, -0.2) is 10.4 Å². The lowest BCUT2D eigenvalue weighted by molar-refractivity contribution is 0.579. The number of imidazole rings is 1. The number of hydrogen-bond acceptors (Lipinski definition) is 4. The van der Waals surface area contributed by atoms with Gasteiger partial charge in [0.1, 0.15) is 11.9 Å². The quantitative estimate of drug-likeness (QED) is 0.558. The number of pyridine rings is 1. The van der Waals surface area contributed by atoms with Gasteiger partial charge in [-0.2, -0.15) is 0 Å². The molecule has 0 amide bonds. The molecule has 78 valence electrons. The fourth-order valence-electron chi connectivity index (χ4n) is 1.53. The molecule has 3 N–H and O–H groups in total. The Kier molecular flexibility index (Phi) is 2.75. The van der Waals surface area contributed by atoms with E-state index >= 15 is 0 Å². The zero-order valence-corrected chi connectivity index (χ0v) is 8.46. The molecule has 0 saturated heterocycles. The van der Waals surface area contributed by atoms with Crippen molar-refractivity contribution in [2.24, 2.45) is 12.9 Å². The molecular formula is C10H13N5. The van der Waals surface area contributed by atoms with E-state index in [4.69, 9.17) is 5.84 Å². The van der Waals surface area contributed by atoms with E-state index in [-0.39, 0.29) is 6.04 Å². The van der Waals surface area contributed by atoms with Crippen molar-refractivity contribution in [3.63, 3.8) is 0 Å². The van der Waals surface area contributed by atoms with E-state index < -0.39 is 0 Å². The van der Waals surface area contributed by atoms with Crippen molar-refractivity contribution < 1.29 is 0 Å². The van der Waals surface area contributed by atoms with Gasteiger partial charge in [0.2, 0.25) is 0 Å². The van der Waals surface area contributed by atoms with Crippen LogP contribution in [0.2, 0.25) is 0 Å². The standard InChI is InChI=1S/C10H13N5/c1-15-7-6-13-10(15)9(14-11)8-2-4-12-5-3-8/h2-7,9,14H,11H2,1H3. The van der Waals surface area contributed by atoms with Crippen molar-refractivity contribution in [2.45, 2.75) is 6.04 Å². The molecule has 5 nitrogen and oxygen atoms in total. The average Bonchev–Trinajstić information content (AvgIpc) is 2.68. The Balaban J connectivity index is 2.37. The van der Waals surface area contributed by atoms with Crippen LogP contribution >= 0.6 is 0 Å². The Morgan fingerprint density at radius 2 is 2.07 bits per heavy atom. The van der Waals surface area contributed by atoms with E-state index in [0.717, 1.165) is 11.4 Å². The molecule has 2 aromatic rings. The predicted molar refractivity (Wildman–Crippen MR) is 56.6 cm³/mol. The number of aromatic nitrogens is 3. The van der Waals surface area contributed by atoms with E-state index in [1.54, 1.807) is 18.6 Å². The van der Waals surface area contributed by atoms with Crippen LogP contribution in [-0.4, -0.2) is 14.5 Å². The lowest BCUT2D eigenvalue weighted by Crippen LogP contribution is -2.30. The second-order valence-electron chi connectivity index (χ2n) is 3.28. The first kappa shape index (κ1) is 9.82. The topological polar surface area (TPSA) is 68.8 Å². The Morgan fingerprint density at radius 3 is 2.60 bits per heavy atom. The van der Waals surface area contributed by atoms with Crippen LogP contribution in [0.4, 0.5) is 0 Å². The molecule has 2 rings (SSSR count). The van der Waals surface area contributed by atoms with E-state index in [0.29, 0.717) is 0 Å². The van der Waals surface area contributed by atoms with Crippen LogP contribution in [0, 0.1) is 0 Å². The fraction of sp³-hybridized carbons (Fsp3) is 0.200. The molecular weight excluding hydrogens is 190 g/mol. The van der Waals surface area contributed by atoms with Gasteiger partial charge in [-0.3, -0.25) is 10.8 Å². The number of aryl methyl sites for hydroxylation is 1. The molecule has 0 aliphatic carbocycles. The lowest BCUT2D eigenvalue weighted by Gasteiger charge is -2.15. The van der Waals surface area contributed by atoms with Gasteiger partial charge in [0.05, 0.1) is 0 Å². The zero-order chi connectivity index (χ0) is 10.7. The summed E-state index contributed by atoms with van der Waals surface area (Å²) >= 11 is 0. The first-order valence-electron chi connectivity index (χ1n) is 4.66. The van der Waals surface area contributed by atoms with Crippen LogP contribution in [0.3, 0.4) is 0 Å². The summed E-state index contributed by atoms with van der Waals surface area (Å²) in [5, 5.41) is 0. The van der Waals surface area contributed by atoms with Gasteiger partial charge in [-0.15, -0.1) is 0 Å². The van der Waals surface area contributed by atoms with Crippen LogP contribution in [0.25, 0.3) is 0 Å². The zero-order valence-electron chi connectivity index (χ0n) is 8.46. The minimum absolute atomic E-state index is 0.104. The van der Waals surface area contributed by atoms with Gasteiger partial charge in [0.15, 0.2) is 0 Å². The van der Waals surface area contributed by atoms with Crippen LogP contribution in [0.1, 0.15) is 17.4 Å². The summed E-state index contributed by atoms with van der Waals surface area (Å²) in [6, 6.07) is 3.73. The molecule has 1 atom stereocenters. The van der Waals surface area contributed by atoms with Gasteiger partial charge in [0.25, 0.3) is 0 Å². The maximum atomic E-state index is 5.54. The summed E-state index contributed by atoms with van der Waals surface area (Å²) in [5.41, 5.74) is 3.79. The fourth-order valence-corrected chi connectivity index (χ4v) is 1.53. The highest BCUT2D eigenvalue weighted by Gasteiger charge is 2.15. The van der Waals surface area contributed by atoms with Gasteiger partial charge in [-0.1, -0.05) is 0 Å². The van der Waals surface area contributed by atoms with Crippen LogP contribution in [0.5, 0.6) is 0 Å². The molecule has 5 heteroatoms. The first-order chi connectivity index (χ1) is 7.33. The number of hydrazine groups is 1. The molecule has 0 radical (unpaired) electrons. The number of nitrogens with zero attached hydrogens (tertiary/aromatic N) is 3. The molecule has 2 aromatic heterocycles. The molecule has 0 aliphatic rings. The van der Waals surface area contributed by atoms with Crippen molar-refractivity contribution in [3.05, 3.63) is 48.3 Å². The number of nitrogens with one attached hydrogen (secondary N) is 1. The lowest BCUT2D eigenvalue weighted by atomic mass is 10.1. The number of nitrogens with two attached hydrogens (primary N) is 1. The third kappa shape index (κ3) is 1.88. The van der Waals surface area contributed by atoms with Crippen molar-refractivity contribution in [2.75, 3.05) is 0 Å². The number of hydrogen-bond donors (Lipinski definition) is 2. The Morgan fingerprint density at radius 1 is 1.33 bits per heavy atom. The monoisotopic (exact) mass is 203 g/mol. The van der Waals surface area contributed by atoms with Crippen LogP contribution < -0.4 is 11.3 Å². The highest BCUT2D eigenvalue weighted by atomic mass is 15.3. The van der Waals surface area contributed by atoms with Gasteiger partial charge >= 0.3 is 0 Å². The molecule has 0 bridgehead atoms. The minimum atomic E-state index is -0.104. The molecule has 1 unspecified atom stereocenters. The number of rotatable bonds is 3. The molecule has 2 heterocycles. The predicted octanol–water partition coefficient (Wildman–Crippen LogP) is 0.368. The summed E-state index contributed by atoms with van der Waals surface area (Å²) in [6.45, 7) is 0. The summed E-state index contributed by atoms with van der Waals surface area (Å²) < 4.78 is 1.94. The molecule has 0 spiro atoms. The third-order valence-electron chi connectivity index (χ3n) is 2.32. The van der Waals surface area contributed by atoms with Crippen LogP contribution in [-0.2, 0) is 7.05 Å². The maximum absolute atomic E-state index is 5.54.